The first-order chi connectivity index (χ1) is 33.6. The van der Waals surface area contributed by atoms with Crippen LogP contribution in [-0.4, -0.2) is 126 Å². The summed E-state index contributed by atoms with van der Waals surface area (Å²) in [6, 6.07) is 7.06. The quantitative estimate of drug-likeness (QED) is 0.0322. The maximum Gasteiger partial charge on any atom is 0.291 e. The second-order valence-electron chi connectivity index (χ2n) is 16.6. The van der Waals surface area contributed by atoms with Crippen LogP contribution in [0.3, 0.4) is 0 Å². The third kappa shape index (κ3) is 14.2. The van der Waals surface area contributed by atoms with E-state index in [2.05, 4.69) is 67.8 Å². The number of nitrogens with zero attached hydrogens (tertiary/aromatic N) is 6. The van der Waals surface area contributed by atoms with Crippen molar-refractivity contribution in [2.24, 2.45) is 38.7 Å². The third-order valence-corrected chi connectivity index (χ3v) is 11.0. The summed E-state index contributed by atoms with van der Waals surface area (Å²) < 4.78 is 4.52. The third-order valence-electron chi connectivity index (χ3n) is 11.0. The van der Waals surface area contributed by atoms with E-state index in [1.54, 1.807) is 68.6 Å². The van der Waals surface area contributed by atoms with Gasteiger partial charge in [-0.25, -0.2) is 15.0 Å². The molecule has 8 amide bonds. The van der Waals surface area contributed by atoms with Gasteiger partial charge in [0.15, 0.2) is 5.82 Å². The number of H-pyrrole nitrogens is 1. The molecule has 1 aliphatic rings. The molecule has 0 bridgehead atoms. The van der Waals surface area contributed by atoms with Crippen LogP contribution in [0, 0.1) is 11.8 Å². The number of imidazole rings is 2. The molecule has 5 aromatic rings. The lowest BCUT2D eigenvalue weighted by atomic mass is 10.1. The summed E-state index contributed by atoms with van der Waals surface area (Å²) in [5.41, 5.74) is 8.20. The summed E-state index contributed by atoms with van der Waals surface area (Å²) in [7, 11) is 4.88. The second-order valence-corrected chi connectivity index (χ2v) is 16.6. The minimum absolute atomic E-state index is 0.0151. The van der Waals surface area contributed by atoms with E-state index >= 15 is 0 Å². The lowest BCUT2D eigenvalue weighted by Gasteiger charge is -2.18. The fourth-order valence-corrected chi connectivity index (χ4v) is 7.34. The van der Waals surface area contributed by atoms with Crippen molar-refractivity contribution in [1.29, 1.82) is 0 Å². The van der Waals surface area contributed by atoms with Gasteiger partial charge in [-0.05, 0) is 37.1 Å². The summed E-state index contributed by atoms with van der Waals surface area (Å²) in [6.45, 7) is 3.67. The summed E-state index contributed by atoms with van der Waals surface area (Å²) >= 11 is 0. The van der Waals surface area contributed by atoms with Crippen molar-refractivity contribution in [3.8, 4) is 0 Å². The van der Waals surface area contributed by atoms with Gasteiger partial charge in [-0.1, -0.05) is 13.0 Å². The van der Waals surface area contributed by atoms with Crippen LogP contribution < -0.4 is 53.6 Å². The van der Waals surface area contributed by atoms with E-state index in [1.807, 2.05) is 6.92 Å². The summed E-state index contributed by atoms with van der Waals surface area (Å²) in [5, 5.41) is 24.9. The first kappa shape index (κ1) is 51.2. The molecule has 0 radical (unpaired) electrons. The van der Waals surface area contributed by atoms with Gasteiger partial charge < -0.3 is 72.3 Å². The van der Waals surface area contributed by atoms with Crippen LogP contribution in [0.5, 0.6) is 0 Å². The van der Waals surface area contributed by atoms with Gasteiger partial charge in [0.25, 0.3) is 23.6 Å². The fourth-order valence-electron chi connectivity index (χ4n) is 7.34. The number of aromatic amines is 1. The van der Waals surface area contributed by atoms with Gasteiger partial charge in [0, 0.05) is 110 Å². The molecular weight excluding hydrogens is 907 g/mol. The normalized spacial score (nSPS) is 14.2. The van der Waals surface area contributed by atoms with Crippen LogP contribution in [0.2, 0.25) is 0 Å². The van der Waals surface area contributed by atoms with E-state index in [4.69, 9.17) is 5.73 Å². The van der Waals surface area contributed by atoms with Crippen molar-refractivity contribution in [3.63, 3.8) is 0 Å². The fraction of sp³-hybridized carbons (Fsp3) is 0.400. The van der Waals surface area contributed by atoms with Gasteiger partial charge in [-0.3, -0.25) is 38.4 Å². The highest BCUT2D eigenvalue weighted by Crippen LogP contribution is 2.38. The number of hydrogen-bond acceptors (Lipinski definition) is 13. The zero-order valence-corrected chi connectivity index (χ0v) is 39.3. The molecule has 6 rings (SSSR count). The minimum Gasteiger partial charge on any atom is -0.354 e. The highest BCUT2D eigenvalue weighted by atomic mass is 16.2. The van der Waals surface area contributed by atoms with Crippen molar-refractivity contribution >= 4 is 64.5 Å². The van der Waals surface area contributed by atoms with E-state index in [9.17, 15) is 38.4 Å². The minimum atomic E-state index is -0.981. The number of carbonyl (C=O) groups is 8. The Balaban J connectivity index is 0.884. The second kappa shape index (κ2) is 24.2. The number of aromatic nitrogens is 7. The number of carbonyl (C=O) groups excluding carboxylic acids is 8. The van der Waals surface area contributed by atoms with Crippen LogP contribution in [0.25, 0.3) is 0 Å². The first-order valence-corrected chi connectivity index (χ1v) is 22.7. The molecule has 5 heterocycles. The zero-order valence-electron chi connectivity index (χ0n) is 39.3. The number of nitrogens with one attached hydrogen (secondary N) is 10. The van der Waals surface area contributed by atoms with E-state index in [0.717, 1.165) is 0 Å². The van der Waals surface area contributed by atoms with Crippen molar-refractivity contribution in [2.75, 3.05) is 55.2 Å². The molecule has 25 heteroatoms. The van der Waals surface area contributed by atoms with Crippen molar-refractivity contribution in [3.05, 3.63) is 95.7 Å². The SMILES string of the molecule is CCCC(=O)Nc1cc(C(=O)Nc2cn(C)c(C(=O)Nc3cc(C(=O)NCCNC(=O)[C@H]4C[C@@H]4C(=O)NCCNC(=O)[C@H](Cc4cnc[nH]4)NC(=O)c4cccc(CNCCN)n4)n(C)c3)n2)n(C)c1. The number of aryl methyl sites for hydroxylation is 3. The monoisotopic (exact) mass is 965 g/mol. The standard InChI is InChI=1S/C45H59N17O8/c1-5-7-37(63)55-28-17-35(61(3)22-28)44(69)59-36-24-62(4)38(58-36)45(70)56-29-18-34(60(2)23-29)43(68)52-15-13-50-40(65)31-19-30(31)39(64)49-12-14-51-41(66)33(16-27-21-48-25-53-27)57-42(67)32-9-6-8-26(54-32)20-47-11-10-46/h6,8-9,17-18,21-25,30-31,33,47H,5,7,10-16,19-20,46H2,1-4H3,(H,48,53)(H,49,64)(H,50,65)(H,51,66)(H,52,68)(H,55,63)(H,56,70)(H,57,67)(H,59,69)/t30-,31-,33-/m0/s1. The van der Waals surface area contributed by atoms with Gasteiger partial charge in [-0.15, -0.1) is 0 Å². The number of anilines is 3. The van der Waals surface area contributed by atoms with Crippen molar-refractivity contribution in [1.82, 2.24) is 65.5 Å². The topological polar surface area (TPSA) is 340 Å². The average molecular weight is 966 g/mol. The Morgan fingerprint density at radius 1 is 0.743 bits per heavy atom. The maximum atomic E-state index is 13.2. The molecule has 1 fully saturated rings. The number of amides is 8. The molecular formula is C45H59N17O8. The maximum absolute atomic E-state index is 13.2. The number of pyridine rings is 1. The molecule has 25 nitrogen and oxygen atoms in total. The molecule has 70 heavy (non-hydrogen) atoms. The van der Waals surface area contributed by atoms with Crippen molar-refractivity contribution in [2.45, 2.75) is 45.2 Å². The van der Waals surface area contributed by atoms with E-state index in [-0.39, 0.29) is 79.0 Å². The first-order valence-electron chi connectivity index (χ1n) is 22.7. The zero-order chi connectivity index (χ0) is 50.3. The number of nitrogens with two attached hydrogens (primary N) is 1. The van der Waals surface area contributed by atoms with E-state index in [1.165, 1.54) is 27.7 Å². The highest BCUT2D eigenvalue weighted by molar-refractivity contribution is 6.06. The number of rotatable bonds is 25. The van der Waals surface area contributed by atoms with Crippen LogP contribution in [0.4, 0.5) is 17.2 Å². The van der Waals surface area contributed by atoms with Crippen LogP contribution >= 0.6 is 0 Å². The Kier molecular flexibility index (Phi) is 17.7. The van der Waals surface area contributed by atoms with E-state index < -0.39 is 47.4 Å². The molecule has 0 aliphatic heterocycles. The molecule has 0 unspecified atom stereocenters. The molecule has 1 aliphatic carbocycles. The summed E-state index contributed by atoms with van der Waals surface area (Å²) in [4.78, 5) is 119. The lowest BCUT2D eigenvalue weighted by Crippen LogP contribution is -2.49. The predicted octanol–water partition coefficient (Wildman–Crippen LogP) is -0.737. The Hall–Kier alpha value is -8.19. The smallest absolute Gasteiger partial charge is 0.291 e. The largest absolute Gasteiger partial charge is 0.354 e. The van der Waals surface area contributed by atoms with Gasteiger partial charge in [0.05, 0.1) is 35.2 Å². The van der Waals surface area contributed by atoms with Gasteiger partial charge in [-0.2, -0.15) is 0 Å². The molecule has 12 N–H and O–H groups in total. The Morgan fingerprint density at radius 3 is 2.06 bits per heavy atom. The predicted molar refractivity (Wildman–Crippen MR) is 255 cm³/mol. The van der Waals surface area contributed by atoms with E-state index in [0.29, 0.717) is 61.7 Å². The van der Waals surface area contributed by atoms with Crippen LogP contribution in [0.1, 0.15) is 79.7 Å². The average Bonchev–Trinajstić information content (AvgIpc) is 3.59. The van der Waals surface area contributed by atoms with Gasteiger partial charge >= 0.3 is 0 Å². The molecule has 0 spiro atoms. The Bertz CT molecular complexity index is 2690. The molecule has 372 valence electrons. The summed E-state index contributed by atoms with van der Waals surface area (Å²) in [5.74, 6) is -4.41. The molecule has 3 atom stereocenters. The van der Waals surface area contributed by atoms with Crippen LogP contribution in [-0.2, 0) is 53.3 Å². The molecule has 0 aromatic carbocycles. The molecule has 1 saturated carbocycles. The lowest BCUT2D eigenvalue weighted by molar-refractivity contribution is -0.127. The Morgan fingerprint density at radius 2 is 1.40 bits per heavy atom. The van der Waals surface area contributed by atoms with Gasteiger partial charge in [0.1, 0.15) is 23.1 Å². The number of hydrogen-bond donors (Lipinski definition) is 11. The Labute approximate surface area is 402 Å². The van der Waals surface area contributed by atoms with Crippen molar-refractivity contribution < 1.29 is 38.4 Å². The van der Waals surface area contributed by atoms with Gasteiger partial charge in [0.2, 0.25) is 29.5 Å². The molecule has 0 saturated heterocycles. The highest BCUT2D eigenvalue weighted by Gasteiger charge is 2.47. The molecule has 5 aromatic heterocycles. The van der Waals surface area contributed by atoms with Crippen LogP contribution in [0.15, 0.2) is 61.4 Å². The summed E-state index contributed by atoms with van der Waals surface area (Å²) in [6.07, 6.45) is 9.16.